The van der Waals surface area contributed by atoms with E-state index in [1.807, 2.05) is 0 Å². The van der Waals surface area contributed by atoms with Gasteiger partial charge in [-0.05, 0) is 32.4 Å². The fraction of sp³-hybridized carbons (Fsp3) is 0.750. The van der Waals surface area contributed by atoms with Crippen molar-refractivity contribution >= 4 is 0 Å². The van der Waals surface area contributed by atoms with Crippen molar-refractivity contribution in [2.24, 2.45) is 0 Å². The molecule has 114 valence electrons. The summed E-state index contributed by atoms with van der Waals surface area (Å²) in [7, 11) is 2.16. The lowest BCUT2D eigenvalue weighted by Crippen LogP contribution is -2.33. The first-order chi connectivity index (χ1) is 9.65. The Morgan fingerprint density at radius 3 is 2.95 bits per heavy atom. The van der Waals surface area contributed by atoms with Crippen molar-refractivity contribution in [2.45, 2.75) is 58.3 Å². The summed E-state index contributed by atoms with van der Waals surface area (Å²) in [6, 6.07) is 2.55. The average Bonchev–Trinajstić information content (AvgIpc) is 2.84. The van der Waals surface area contributed by atoms with Gasteiger partial charge < -0.3 is 14.5 Å². The van der Waals surface area contributed by atoms with Gasteiger partial charge in [0.1, 0.15) is 5.76 Å². The molecule has 1 fully saturated rings. The van der Waals surface area contributed by atoms with E-state index in [4.69, 9.17) is 9.15 Å². The quantitative estimate of drug-likeness (QED) is 0.833. The zero-order chi connectivity index (χ0) is 14.4. The van der Waals surface area contributed by atoms with Crippen LogP contribution in [0.15, 0.2) is 16.7 Å². The summed E-state index contributed by atoms with van der Waals surface area (Å²) in [5.41, 5.74) is 1.27. The molecule has 20 heavy (non-hydrogen) atoms. The van der Waals surface area contributed by atoms with Crippen LogP contribution in [0, 0.1) is 0 Å². The molecule has 0 bridgehead atoms. The number of ether oxygens (including phenoxy) is 1. The third kappa shape index (κ3) is 4.93. The van der Waals surface area contributed by atoms with Gasteiger partial charge in [0.2, 0.25) is 0 Å². The lowest BCUT2D eigenvalue weighted by Gasteiger charge is -2.27. The normalized spacial score (nSPS) is 19.9. The van der Waals surface area contributed by atoms with Crippen molar-refractivity contribution in [1.82, 2.24) is 10.2 Å². The van der Waals surface area contributed by atoms with Crippen LogP contribution in [0.4, 0.5) is 0 Å². The Hall–Kier alpha value is -0.840. The molecular weight excluding hydrogens is 252 g/mol. The second-order valence-electron chi connectivity index (χ2n) is 6.09. The summed E-state index contributed by atoms with van der Waals surface area (Å²) < 4.78 is 11.4. The van der Waals surface area contributed by atoms with Crippen LogP contribution < -0.4 is 5.32 Å². The van der Waals surface area contributed by atoms with E-state index in [-0.39, 0.29) is 0 Å². The molecule has 4 heteroatoms. The monoisotopic (exact) mass is 280 g/mol. The number of hydrogen-bond acceptors (Lipinski definition) is 4. The molecule has 0 radical (unpaired) electrons. The van der Waals surface area contributed by atoms with Crippen LogP contribution >= 0.6 is 0 Å². The van der Waals surface area contributed by atoms with Gasteiger partial charge >= 0.3 is 0 Å². The first-order valence-corrected chi connectivity index (χ1v) is 7.74. The molecule has 0 saturated carbocycles. The van der Waals surface area contributed by atoms with E-state index in [1.54, 1.807) is 6.26 Å². The number of hydrogen-bond donors (Lipinski definition) is 1. The third-order valence-corrected chi connectivity index (χ3v) is 3.74. The van der Waals surface area contributed by atoms with Gasteiger partial charge in [0.15, 0.2) is 0 Å². The Morgan fingerprint density at radius 2 is 2.25 bits per heavy atom. The number of likely N-dealkylation sites (N-methyl/N-ethyl adjacent to an activating group) is 1. The molecule has 1 aromatic rings. The van der Waals surface area contributed by atoms with Gasteiger partial charge in [-0.25, -0.2) is 0 Å². The van der Waals surface area contributed by atoms with Crippen molar-refractivity contribution in [3.05, 3.63) is 23.7 Å². The molecule has 1 aliphatic heterocycles. The number of furan rings is 1. The Labute approximate surface area is 122 Å². The largest absolute Gasteiger partial charge is 0.468 e. The number of rotatable bonds is 7. The molecule has 1 atom stereocenters. The molecule has 0 aromatic carbocycles. The second-order valence-corrected chi connectivity index (χ2v) is 6.09. The predicted molar refractivity (Wildman–Crippen MR) is 80.6 cm³/mol. The highest BCUT2D eigenvalue weighted by Crippen LogP contribution is 2.16. The smallest absolute Gasteiger partial charge is 0.122 e. The molecule has 2 rings (SSSR count). The van der Waals surface area contributed by atoms with Gasteiger partial charge in [0.25, 0.3) is 0 Å². The summed E-state index contributed by atoms with van der Waals surface area (Å²) in [6.45, 7) is 7.94. The van der Waals surface area contributed by atoms with Crippen LogP contribution in [0.3, 0.4) is 0 Å². The van der Waals surface area contributed by atoms with E-state index in [1.165, 1.54) is 24.8 Å². The molecule has 0 aliphatic carbocycles. The maximum atomic E-state index is 5.80. The van der Waals surface area contributed by atoms with E-state index in [0.29, 0.717) is 12.1 Å². The molecule has 0 amide bonds. The van der Waals surface area contributed by atoms with Crippen molar-refractivity contribution in [1.29, 1.82) is 0 Å². The Kier molecular flexibility index (Phi) is 6.07. The van der Waals surface area contributed by atoms with Crippen LogP contribution in [0.5, 0.6) is 0 Å². The van der Waals surface area contributed by atoms with Crippen LogP contribution in [-0.4, -0.2) is 37.2 Å². The first-order valence-electron chi connectivity index (χ1n) is 7.74. The SMILES string of the molecule is CC(C)NCc1occc1CN(C)CC1CCCCO1. The molecule has 1 saturated heterocycles. The van der Waals surface area contributed by atoms with E-state index in [9.17, 15) is 0 Å². The lowest BCUT2D eigenvalue weighted by molar-refractivity contribution is -0.00266. The zero-order valence-electron chi connectivity index (χ0n) is 13.0. The van der Waals surface area contributed by atoms with Crippen molar-refractivity contribution in [3.63, 3.8) is 0 Å². The summed E-state index contributed by atoms with van der Waals surface area (Å²) in [5, 5.41) is 3.41. The molecule has 1 aliphatic rings. The van der Waals surface area contributed by atoms with Crippen molar-refractivity contribution in [2.75, 3.05) is 20.2 Å². The third-order valence-electron chi connectivity index (χ3n) is 3.74. The topological polar surface area (TPSA) is 37.6 Å². The second kappa shape index (κ2) is 7.81. The van der Waals surface area contributed by atoms with Gasteiger partial charge in [0, 0.05) is 31.3 Å². The van der Waals surface area contributed by atoms with E-state index < -0.39 is 0 Å². The Balaban J connectivity index is 1.81. The fourth-order valence-corrected chi connectivity index (χ4v) is 2.61. The van der Waals surface area contributed by atoms with E-state index in [0.717, 1.165) is 32.0 Å². The minimum atomic E-state index is 0.401. The van der Waals surface area contributed by atoms with E-state index >= 15 is 0 Å². The molecule has 0 spiro atoms. The Bertz CT molecular complexity index is 384. The molecular formula is C16H28N2O2. The number of nitrogens with zero attached hydrogens (tertiary/aromatic N) is 1. The summed E-state index contributed by atoms with van der Waals surface area (Å²) in [6.07, 6.45) is 5.90. The van der Waals surface area contributed by atoms with Crippen molar-refractivity contribution in [3.8, 4) is 0 Å². The molecule has 1 unspecified atom stereocenters. The van der Waals surface area contributed by atoms with E-state index in [2.05, 4.69) is 37.2 Å². The maximum Gasteiger partial charge on any atom is 0.122 e. The minimum absolute atomic E-state index is 0.401. The highest BCUT2D eigenvalue weighted by atomic mass is 16.5. The predicted octanol–water partition coefficient (Wildman–Crippen LogP) is 2.78. The van der Waals surface area contributed by atoms with Crippen LogP contribution in [-0.2, 0) is 17.8 Å². The first kappa shape index (κ1) is 15.5. The summed E-state index contributed by atoms with van der Waals surface area (Å²) in [4.78, 5) is 2.33. The zero-order valence-corrected chi connectivity index (χ0v) is 13.0. The maximum absolute atomic E-state index is 5.80. The fourth-order valence-electron chi connectivity index (χ4n) is 2.61. The minimum Gasteiger partial charge on any atom is -0.468 e. The highest BCUT2D eigenvalue weighted by Gasteiger charge is 2.17. The van der Waals surface area contributed by atoms with Crippen LogP contribution in [0.2, 0.25) is 0 Å². The van der Waals surface area contributed by atoms with Gasteiger partial charge in [-0.3, -0.25) is 4.90 Å². The van der Waals surface area contributed by atoms with Crippen LogP contribution in [0.25, 0.3) is 0 Å². The lowest BCUT2D eigenvalue weighted by atomic mass is 10.1. The van der Waals surface area contributed by atoms with Gasteiger partial charge in [-0.2, -0.15) is 0 Å². The summed E-state index contributed by atoms with van der Waals surface area (Å²) >= 11 is 0. The highest BCUT2D eigenvalue weighted by molar-refractivity contribution is 5.16. The average molecular weight is 280 g/mol. The molecule has 1 aromatic heterocycles. The van der Waals surface area contributed by atoms with Crippen LogP contribution in [0.1, 0.15) is 44.4 Å². The van der Waals surface area contributed by atoms with Gasteiger partial charge in [-0.15, -0.1) is 0 Å². The number of nitrogens with one attached hydrogen (secondary N) is 1. The van der Waals surface area contributed by atoms with Gasteiger partial charge in [-0.1, -0.05) is 13.8 Å². The molecule has 4 nitrogen and oxygen atoms in total. The van der Waals surface area contributed by atoms with Gasteiger partial charge in [0.05, 0.1) is 18.9 Å². The molecule has 1 N–H and O–H groups in total. The standard InChI is InChI=1S/C16H28N2O2/c1-13(2)17-10-16-14(7-9-20-16)11-18(3)12-15-6-4-5-8-19-15/h7,9,13,15,17H,4-6,8,10-12H2,1-3H3. The summed E-state index contributed by atoms with van der Waals surface area (Å²) in [5.74, 6) is 1.05. The molecule has 2 heterocycles. The van der Waals surface area contributed by atoms with Crippen molar-refractivity contribution < 1.29 is 9.15 Å². The Morgan fingerprint density at radius 1 is 1.40 bits per heavy atom.